The zero-order valence-corrected chi connectivity index (χ0v) is 15.2. The van der Waals surface area contributed by atoms with Crippen LogP contribution < -0.4 is 0 Å². The molecule has 25 heavy (non-hydrogen) atoms. The standard InChI is InChI=1S/C12H11NO2.C8H6BrN/c1-15-11(14)6-5-9-3-2-4-10-7-8-13-12(9)10;9-7-3-1-2-6-4-5-10-8(6)7/h2-8,13H,1H3;1-5,10H/b6-5+;. The van der Waals surface area contributed by atoms with E-state index in [-0.39, 0.29) is 5.97 Å². The molecule has 0 aliphatic carbocycles. The second-order valence-corrected chi connectivity index (χ2v) is 6.18. The second kappa shape index (κ2) is 7.85. The highest BCUT2D eigenvalue weighted by molar-refractivity contribution is 9.10. The highest BCUT2D eigenvalue weighted by atomic mass is 79.9. The quantitative estimate of drug-likeness (QED) is 0.357. The summed E-state index contributed by atoms with van der Waals surface area (Å²) in [5.74, 6) is -0.349. The smallest absolute Gasteiger partial charge is 0.330 e. The molecule has 2 N–H and O–H groups in total. The third kappa shape index (κ3) is 4.00. The van der Waals surface area contributed by atoms with Gasteiger partial charge in [0.2, 0.25) is 0 Å². The molecule has 2 aromatic carbocycles. The maximum absolute atomic E-state index is 10.9. The average molecular weight is 397 g/mol. The van der Waals surface area contributed by atoms with E-state index in [4.69, 9.17) is 0 Å². The number of carbonyl (C=O) groups is 1. The number of fused-ring (bicyclic) bond motifs is 2. The number of ether oxygens (including phenoxy) is 1. The van der Waals surface area contributed by atoms with Crippen molar-refractivity contribution in [2.45, 2.75) is 0 Å². The fourth-order valence-electron chi connectivity index (χ4n) is 2.52. The monoisotopic (exact) mass is 396 g/mol. The number of carbonyl (C=O) groups excluding carboxylic acids is 1. The zero-order chi connectivity index (χ0) is 17.6. The molecule has 0 unspecified atom stereocenters. The van der Waals surface area contributed by atoms with Gasteiger partial charge in [-0.15, -0.1) is 0 Å². The van der Waals surface area contributed by atoms with Crippen molar-refractivity contribution in [1.29, 1.82) is 0 Å². The molecule has 0 spiro atoms. The topological polar surface area (TPSA) is 57.9 Å². The number of aromatic nitrogens is 2. The minimum absolute atomic E-state index is 0.349. The molecule has 126 valence electrons. The molecule has 0 atom stereocenters. The van der Waals surface area contributed by atoms with Gasteiger partial charge in [0.05, 0.1) is 18.1 Å². The Morgan fingerprint density at radius 2 is 1.60 bits per heavy atom. The van der Waals surface area contributed by atoms with Crippen LogP contribution in [0.4, 0.5) is 0 Å². The van der Waals surface area contributed by atoms with Crippen molar-refractivity contribution in [1.82, 2.24) is 9.97 Å². The summed E-state index contributed by atoms with van der Waals surface area (Å²) in [6.07, 6.45) is 6.97. The van der Waals surface area contributed by atoms with Crippen LogP contribution in [-0.4, -0.2) is 23.0 Å². The van der Waals surface area contributed by atoms with Gasteiger partial charge < -0.3 is 14.7 Å². The summed E-state index contributed by atoms with van der Waals surface area (Å²) in [6, 6.07) is 16.1. The molecule has 2 aromatic heterocycles. The van der Waals surface area contributed by atoms with Gasteiger partial charge >= 0.3 is 5.97 Å². The highest BCUT2D eigenvalue weighted by Crippen LogP contribution is 2.21. The highest BCUT2D eigenvalue weighted by Gasteiger charge is 1.99. The summed E-state index contributed by atoms with van der Waals surface area (Å²) in [7, 11) is 1.36. The first-order valence-electron chi connectivity index (χ1n) is 7.73. The maximum atomic E-state index is 10.9. The van der Waals surface area contributed by atoms with Crippen molar-refractivity contribution in [2.75, 3.05) is 7.11 Å². The Kier molecular flexibility index (Phi) is 5.36. The summed E-state index contributed by atoms with van der Waals surface area (Å²) in [6.45, 7) is 0. The van der Waals surface area contributed by atoms with E-state index in [1.54, 1.807) is 6.08 Å². The van der Waals surface area contributed by atoms with Crippen LogP contribution in [0.25, 0.3) is 27.9 Å². The third-order valence-corrected chi connectivity index (χ3v) is 4.42. The second-order valence-electron chi connectivity index (χ2n) is 5.33. The predicted octanol–water partition coefficient (Wildman–Crippen LogP) is 5.28. The Balaban J connectivity index is 0.000000157. The molecular weight excluding hydrogens is 380 g/mol. The number of H-pyrrole nitrogens is 2. The largest absolute Gasteiger partial charge is 0.466 e. The minimum Gasteiger partial charge on any atom is -0.466 e. The molecular formula is C20H17BrN2O2. The number of rotatable bonds is 2. The Hall–Kier alpha value is -2.79. The van der Waals surface area contributed by atoms with Crippen molar-refractivity contribution in [3.05, 3.63) is 77.0 Å². The summed E-state index contributed by atoms with van der Waals surface area (Å²) in [5.41, 5.74) is 3.17. The van der Waals surface area contributed by atoms with E-state index in [9.17, 15) is 4.79 Å². The number of benzene rings is 2. The lowest BCUT2D eigenvalue weighted by Gasteiger charge is -1.96. The van der Waals surface area contributed by atoms with E-state index in [1.165, 1.54) is 24.1 Å². The van der Waals surface area contributed by atoms with Crippen LogP contribution in [-0.2, 0) is 9.53 Å². The van der Waals surface area contributed by atoms with Gasteiger partial charge in [0, 0.05) is 28.3 Å². The number of halogens is 1. The molecule has 2 heterocycles. The number of aromatic amines is 2. The molecule has 0 amide bonds. The molecule has 0 aliphatic heterocycles. The fourth-order valence-corrected chi connectivity index (χ4v) is 3.02. The van der Waals surface area contributed by atoms with E-state index in [0.29, 0.717) is 0 Å². The minimum atomic E-state index is -0.349. The van der Waals surface area contributed by atoms with Crippen LogP contribution in [0.3, 0.4) is 0 Å². The number of hydrogen-bond donors (Lipinski definition) is 2. The molecule has 0 saturated heterocycles. The van der Waals surface area contributed by atoms with Crippen molar-refractivity contribution in [3.63, 3.8) is 0 Å². The predicted molar refractivity (Wildman–Crippen MR) is 105 cm³/mol. The molecule has 4 nitrogen and oxygen atoms in total. The zero-order valence-electron chi connectivity index (χ0n) is 13.6. The van der Waals surface area contributed by atoms with Gasteiger partial charge in [0.25, 0.3) is 0 Å². The van der Waals surface area contributed by atoms with Crippen molar-refractivity contribution < 1.29 is 9.53 Å². The summed E-state index contributed by atoms with van der Waals surface area (Å²) in [5, 5.41) is 2.37. The maximum Gasteiger partial charge on any atom is 0.330 e. The van der Waals surface area contributed by atoms with Crippen LogP contribution in [0.2, 0.25) is 0 Å². The van der Waals surface area contributed by atoms with Crippen LogP contribution in [0, 0.1) is 0 Å². The molecule has 4 aromatic rings. The average Bonchev–Trinajstić information content (AvgIpc) is 3.30. The van der Waals surface area contributed by atoms with Crippen LogP contribution in [0.5, 0.6) is 0 Å². The molecule has 0 fully saturated rings. The number of hydrogen-bond acceptors (Lipinski definition) is 2. The van der Waals surface area contributed by atoms with Gasteiger partial charge in [-0.05, 0) is 51.2 Å². The number of para-hydroxylation sites is 2. The van der Waals surface area contributed by atoms with E-state index < -0.39 is 0 Å². The molecule has 5 heteroatoms. The summed E-state index contributed by atoms with van der Waals surface area (Å²) in [4.78, 5) is 17.2. The van der Waals surface area contributed by atoms with Gasteiger partial charge in [-0.25, -0.2) is 4.79 Å². The van der Waals surface area contributed by atoms with E-state index in [2.05, 4.69) is 42.8 Å². The van der Waals surface area contributed by atoms with Gasteiger partial charge in [-0.3, -0.25) is 0 Å². The van der Waals surface area contributed by atoms with Crippen LogP contribution in [0.1, 0.15) is 5.56 Å². The first-order valence-corrected chi connectivity index (χ1v) is 8.52. The van der Waals surface area contributed by atoms with Crippen LogP contribution >= 0.6 is 15.9 Å². The lowest BCUT2D eigenvalue weighted by atomic mass is 10.1. The number of esters is 1. The van der Waals surface area contributed by atoms with E-state index in [1.807, 2.05) is 48.8 Å². The Morgan fingerprint density at radius 1 is 0.960 bits per heavy atom. The molecule has 0 bridgehead atoms. The van der Waals surface area contributed by atoms with Crippen molar-refractivity contribution in [3.8, 4) is 0 Å². The summed E-state index contributed by atoms with van der Waals surface area (Å²) >= 11 is 3.44. The normalized spacial score (nSPS) is 10.8. The van der Waals surface area contributed by atoms with E-state index >= 15 is 0 Å². The van der Waals surface area contributed by atoms with E-state index in [0.717, 1.165) is 20.9 Å². The SMILES string of the molecule is Brc1cccc2cc[nH]c12.COC(=O)/C=C/c1cccc2cc[nH]c12. The molecule has 0 radical (unpaired) electrons. The van der Waals surface area contributed by atoms with Crippen molar-refractivity contribution in [2.24, 2.45) is 0 Å². The Bertz CT molecular complexity index is 1030. The molecule has 0 saturated carbocycles. The lowest BCUT2D eigenvalue weighted by Crippen LogP contribution is -1.93. The summed E-state index contributed by atoms with van der Waals surface area (Å²) < 4.78 is 5.65. The molecule has 4 rings (SSSR count). The first-order chi connectivity index (χ1) is 12.2. The van der Waals surface area contributed by atoms with Crippen LogP contribution in [0.15, 0.2) is 71.5 Å². The number of nitrogens with one attached hydrogen (secondary N) is 2. The molecule has 0 aliphatic rings. The van der Waals surface area contributed by atoms with Gasteiger partial charge in [0.15, 0.2) is 0 Å². The number of methoxy groups -OCH3 is 1. The first kappa shape index (κ1) is 17.0. The Morgan fingerprint density at radius 3 is 2.28 bits per heavy atom. The van der Waals surface area contributed by atoms with Crippen molar-refractivity contribution >= 4 is 49.8 Å². The van der Waals surface area contributed by atoms with Gasteiger partial charge in [-0.1, -0.05) is 30.3 Å². The Labute approximate surface area is 153 Å². The van der Waals surface area contributed by atoms with Gasteiger partial charge in [0.1, 0.15) is 0 Å². The fraction of sp³-hybridized carbons (Fsp3) is 0.0500. The third-order valence-electron chi connectivity index (χ3n) is 3.76. The van der Waals surface area contributed by atoms with Gasteiger partial charge in [-0.2, -0.15) is 0 Å². The lowest BCUT2D eigenvalue weighted by molar-refractivity contribution is -0.134.